The number of rotatable bonds is 4. The summed E-state index contributed by atoms with van der Waals surface area (Å²) < 4.78 is 30.6. The van der Waals surface area contributed by atoms with E-state index in [0.29, 0.717) is 5.52 Å². The Morgan fingerprint density at radius 2 is 2.24 bits per heavy atom. The molecule has 0 spiro atoms. The van der Waals surface area contributed by atoms with Crippen LogP contribution in [0.25, 0.3) is 11.1 Å². The van der Waals surface area contributed by atoms with Gasteiger partial charge in [0.2, 0.25) is 10.0 Å². The molecule has 1 aromatic carbocycles. The first-order valence-electron chi connectivity index (χ1n) is 4.76. The van der Waals surface area contributed by atoms with Crippen LogP contribution < -0.4 is 10.5 Å². The van der Waals surface area contributed by atoms with Crippen molar-refractivity contribution in [3.63, 3.8) is 0 Å². The summed E-state index contributed by atoms with van der Waals surface area (Å²) in [5, 5.41) is 0. The van der Waals surface area contributed by atoms with E-state index in [2.05, 4.69) is 16.3 Å². The number of fused-ring (bicyclic) bond motifs is 1. The Balaban J connectivity index is 2.48. The summed E-state index contributed by atoms with van der Waals surface area (Å²) >= 11 is 0. The fraction of sp³-hybridized carbons (Fsp3) is 0.100. The number of hydrogen-bond acceptors (Lipinski definition) is 4. The molecule has 6 nitrogen and oxygen atoms in total. The highest BCUT2D eigenvalue weighted by atomic mass is 32.2. The van der Waals surface area contributed by atoms with E-state index in [1.807, 2.05) is 0 Å². The molecular weight excluding hydrogens is 244 g/mol. The maximum absolute atomic E-state index is 11.8. The zero-order valence-corrected chi connectivity index (χ0v) is 9.58. The van der Waals surface area contributed by atoms with Crippen LogP contribution in [0.1, 0.15) is 0 Å². The highest BCUT2D eigenvalue weighted by Crippen LogP contribution is 2.16. The number of sulfonamides is 1. The molecule has 7 heteroatoms. The first kappa shape index (κ1) is 11.6. The maximum atomic E-state index is 11.8. The van der Waals surface area contributed by atoms with Crippen molar-refractivity contribution in [3.05, 3.63) is 41.4 Å². The third kappa shape index (κ3) is 2.29. The van der Waals surface area contributed by atoms with Gasteiger partial charge in [0.15, 0.2) is 5.58 Å². The van der Waals surface area contributed by atoms with Crippen molar-refractivity contribution < 1.29 is 12.8 Å². The van der Waals surface area contributed by atoms with Crippen LogP contribution in [0.2, 0.25) is 0 Å². The van der Waals surface area contributed by atoms with E-state index < -0.39 is 15.8 Å². The van der Waals surface area contributed by atoms with Gasteiger partial charge in [-0.3, -0.25) is 4.98 Å². The molecule has 0 aliphatic rings. The molecule has 2 N–H and O–H groups in total. The van der Waals surface area contributed by atoms with Gasteiger partial charge in [-0.2, -0.15) is 0 Å². The van der Waals surface area contributed by atoms with Gasteiger partial charge in [-0.05, 0) is 12.1 Å². The molecule has 90 valence electrons. The molecule has 0 radical (unpaired) electrons. The topological polar surface area (TPSA) is 92.2 Å². The number of oxazole rings is 1. The van der Waals surface area contributed by atoms with Crippen molar-refractivity contribution in [2.24, 2.45) is 0 Å². The number of aromatic amines is 1. The molecule has 0 aliphatic carbocycles. The largest absolute Gasteiger partial charge is 0.417 e. The third-order valence-corrected chi connectivity index (χ3v) is 3.54. The van der Waals surface area contributed by atoms with Gasteiger partial charge in [-0.15, -0.1) is 6.58 Å². The fourth-order valence-electron chi connectivity index (χ4n) is 1.34. The lowest BCUT2D eigenvalue weighted by molar-refractivity contribution is 0.553. The Hall–Kier alpha value is -1.86. The molecule has 17 heavy (non-hydrogen) atoms. The van der Waals surface area contributed by atoms with Crippen molar-refractivity contribution >= 4 is 21.1 Å². The monoisotopic (exact) mass is 254 g/mol. The predicted octanol–water partition coefficient (Wildman–Crippen LogP) is 0.585. The van der Waals surface area contributed by atoms with E-state index in [1.165, 1.54) is 24.3 Å². The lowest BCUT2D eigenvalue weighted by Crippen LogP contribution is -2.23. The van der Waals surface area contributed by atoms with Crippen LogP contribution in [-0.2, 0) is 10.0 Å². The van der Waals surface area contributed by atoms with Crippen LogP contribution in [0, 0.1) is 0 Å². The lowest BCUT2D eigenvalue weighted by Gasteiger charge is -2.03. The normalized spacial score (nSPS) is 11.8. The number of hydrogen-bond donors (Lipinski definition) is 2. The molecule has 0 bridgehead atoms. The molecule has 1 aromatic heterocycles. The van der Waals surface area contributed by atoms with Crippen molar-refractivity contribution in [1.29, 1.82) is 0 Å². The van der Waals surface area contributed by atoms with Crippen LogP contribution >= 0.6 is 0 Å². The van der Waals surface area contributed by atoms with Crippen molar-refractivity contribution in [3.8, 4) is 0 Å². The van der Waals surface area contributed by atoms with Crippen molar-refractivity contribution in [2.45, 2.75) is 4.90 Å². The summed E-state index contributed by atoms with van der Waals surface area (Å²) in [5.41, 5.74) is 0.661. The van der Waals surface area contributed by atoms with Gasteiger partial charge in [0.05, 0.1) is 10.4 Å². The highest BCUT2D eigenvalue weighted by Gasteiger charge is 2.14. The summed E-state index contributed by atoms with van der Waals surface area (Å²) in [6, 6.07) is 4.15. The number of H-pyrrole nitrogens is 1. The zero-order valence-electron chi connectivity index (χ0n) is 8.76. The SMILES string of the molecule is C=CCNS(=O)(=O)c1ccc2[nH]c(=O)oc2c1. The minimum atomic E-state index is -3.60. The van der Waals surface area contributed by atoms with Gasteiger partial charge in [0.25, 0.3) is 0 Å². The van der Waals surface area contributed by atoms with E-state index in [-0.39, 0.29) is 17.0 Å². The second-order valence-corrected chi connectivity index (χ2v) is 5.08. The van der Waals surface area contributed by atoms with Gasteiger partial charge in [-0.1, -0.05) is 6.08 Å². The summed E-state index contributed by atoms with van der Waals surface area (Å²) in [4.78, 5) is 13.4. The molecule has 0 unspecified atom stereocenters. The van der Waals surface area contributed by atoms with Gasteiger partial charge in [0, 0.05) is 12.6 Å². The van der Waals surface area contributed by atoms with Gasteiger partial charge < -0.3 is 4.42 Å². The average Bonchev–Trinajstić information content (AvgIpc) is 2.65. The van der Waals surface area contributed by atoms with Crippen LogP contribution in [0.3, 0.4) is 0 Å². The fourth-order valence-corrected chi connectivity index (χ4v) is 2.36. The molecular formula is C10H10N2O4S. The molecule has 0 amide bonds. The third-order valence-electron chi connectivity index (χ3n) is 2.12. The number of aromatic nitrogens is 1. The second kappa shape index (κ2) is 4.19. The molecule has 0 aliphatic heterocycles. The smallest absolute Gasteiger partial charge is 0.408 e. The number of benzene rings is 1. The second-order valence-electron chi connectivity index (χ2n) is 3.31. The standard InChI is InChI=1S/C10H10N2O4S/c1-2-5-11-17(14,15)7-3-4-8-9(6-7)16-10(13)12-8/h2-4,6,11H,1,5H2,(H,12,13). The quantitative estimate of drug-likeness (QED) is 0.781. The van der Waals surface area contributed by atoms with E-state index in [0.717, 1.165) is 0 Å². The molecule has 0 saturated heterocycles. The van der Waals surface area contributed by atoms with Gasteiger partial charge in [-0.25, -0.2) is 17.9 Å². The molecule has 1 heterocycles. The Morgan fingerprint density at radius 1 is 1.47 bits per heavy atom. The van der Waals surface area contributed by atoms with E-state index in [1.54, 1.807) is 0 Å². The predicted molar refractivity (Wildman–Crippen MR) is 62.2 cm³/mol. The number of nitrogens with one attached hydrogen (secondary N) is 2. The Kier molecular flexibility index (Phi) is 2.86. The molecule has 0 fully saturated rings. The minimum Gasteiger partial charge on any atom is -0.408 e. The zero-order chi connectivity index (χ0) is 12.5. The summed E-state index contributed by atoms with van der Waals surface area (Å²) in [7, 11) is -3.60. The Labute approximate surface area is 97.0 Å². The van der Waals surface area contributed by atoms with Crippen LogP contribution in [-0.4, -0.2) is 19.9 Å². The van der Waals surface area contributed by atoms with Crippen molar-refractivity contribution in [1.82, 2.24) is 9.71 Å². The lowest BCUT2D eigenvalue weighted by atomic mass is 10.3. The minimum absolute atomic E-state index is 0.0367. The van der Waals surface area contributed by atoms with Crippen molar-refractivity contribution in [2.75, 3.05) is 6.54 Å². The molecule has 2 aromatic rings. The van der Waals surface area contributed by atoms with Crippen LogP contribution in [0.5, 0.6) is 0 Å². The van der Waals surface area contributed by atoms with Gasteiger partial charge >= 0.3 is 5.76 Å². The summed E-state index contributed by atoms with van der Waals surface area (Å²) in [6.07, 6.45) is 1.44. The first-order chi connectivity index (χ1) is 8.03. The summed E-state index contributed by atoms with van der Waals surface area (Å²) in [5.74, 6) is -0.617. The molecule has 0 saturated carbocycles. The van der Waals surface area contributed by atoms with E-state index >= 15 is 0 Å². The molecule has 2 rings (SSSR count). The Bertz CT molecular complexity index is 711. The van der Waals surface area contributed by atoms with E-state index in [9.17, 15) is 13.2 Å². The Morgan fingerprint density at radius 3 is 2.94 bits per heavy atom. The first-order valence-corrected chi connectivity index (χ1v) is 6.25. The van der Waals surface area contributed by atoms with E-state index in [4.69, 9.17) is 4.42 Å². The van der Waals surface area contributed by atoms with Crippen LogP contribution in [0.15, 0.2) is 45.0 Å². The highest BCUT2D eigenvalue weighted by molar-refractivity contribution is 7.89. The van der Waals surface area contributed by atoms with Crippen LogP contribution in [0.4, 0.5) is 0 Å². The maximum Gasteiger partial charge on any atom is 0.417 e. The van der Waals surface area contributed by atoms with Gasteiger partial charge in [0.1, 0.15) is 0 Å². The average molecular weight is 254 g/mol. The molecule has 0 atom stereocenters. The summed E-state index contributed by atoms with van der Waals surface area (Å²) in [6.45, 7) is 3.56.